The molecular weight excluding hydrogens is 1130 g/mol. The van der Waals surface area contributed by atoms with E-state index in [0.717, 1.165) is 52.0 Å². The molecule has 5 N–H and O–H groups in total. The number of nitrogens with two attached hydrogens (primary N) is 1. The maximum absolute atomic E-state index is 14.0. The number of hydrogen-bond donors (Lipinski definition) is 4. The average Bonchev–Trinajstić information content (AvgIpc) is 4.33. The number of carbonyl (C=O) groups excluding carboxylic acids is 1. The van der Waals surface area contributed by atoms with Crippen LogP contribution in [0.2, 0.25) is 0 Å². The molecule has 0 aliphatic carbocycles. The lowest BCUT2D eigenvalue weighted by Crippen LogP contribution is -2.44. The van der Waals surface area contributed by atoms with E-state index in [-0.39, 0.29) is 47.6 Å². The number of rotatable bonds is 24. The Balaban J connectivity index is 0.000000229. The Labute approximate surface area is 467 Å². The van der Waals surface area contributed by atoms with Gasteiger partial charge in [0.15, 0.2) is 6.29 Å². The van der Waals surface area contributed by atoms with Crippen LogP contribution in [0.3, 0.4) is 0 Å². The molecule has 4 aromatic carbocycles. The first kappa shape index (κ1) is 60.8. The van der Waals surface area contributed by atoms with Gasteiger partial charge in [-0.1, -0.05) is 72.8 Å². The molecule has 0 bridgehead atoms. The Bertz CT molecular complexity index is 3750. The van der Waals surface area contributed by atoms with Crippen LogP contribution in [0.5, 0.6) is 0 Å². The highest BCUT2D eigenvalue weighted by molar-refractivity contribution is 7.91. The molecule has 0 fully saturated rings. The number of carbonyl (C=O) groups is 1. The number of benzene rings is 4. The minimum atomic E-state index is -4.09. The SMILES string of the molecule is CS(=O)(=O)OC[C@@H](Cc1ccccc1)N(Cc1cc(C#N)ccc1N)S(=O)(=O)c1cccs1.CS(=O)(=O)OC[C@@H](Cc1ccccc1)N(Cc1cc(C#N)ccc1NCc1cnc[nH]1)S(=O)(=O)c1cccs1.O=Cc1cnc[nH]1. The van der Waals surface area contributed by atoms with E-state index in [1.165, 1.54) is 39.3 Å². The van der Waals surface area contributed by atoms with Gasteiger partial charge in [0.1, 0.15) is 8.42 Å². The van der Waals surface area contributed by atoms with Crippen molar-refractivity contribution in [2.45, 2.75) is 53.0 Å². The van der Waals surface area contributed by atoms with Crippen molar-refractivity contribution in [2.75, 3.05) is 36.8 Å². The predicted molar refractivity (Wildman–Crippen MR) is 300 cm³/mol. The van der Waals surface area contributed by atoms with E-state index in [9.17, 15) is 49.0 Å². The summed E-state index contributed by atoms with van der Waals surface area (Å²) in [6.45, 7) is -0.664. The highest BCUT2D eigenvalue weighted by Gasteiger charge is 2.36. The van der Waals surface area contributed by atoms with Gasteiger partial charge in [-0.05, 0) is 94.4 Å². The van der Waals surface area contributed by atoms with E-state index in [4.69, 9.17) is 14.1 Å². The fourth-order valence-corrected chi connectivity index (χ4v) is 13.8. The van der Waals surface area contributed by atoms with E-state index < -0.39 is 52.4 Å². The zero-order valence-electron chi connectivity index (χ0n) is 42.4. The van der Waals surface area contributed by atoms with Crippen LogP contribution in [0.4, 0.5) is 11.4 Å². The number of aromatic nitrogens is 4. The monoisotopic (exact) mass is 1190 g/mol. The zero-order valence-corrected chi connectivity index (χ0v) is 47.3. The normalized spacial score (nSPS) is 12.5. The minimum absolute atomic E-state index is 0.106. The van der Waals surface area contributed by atoms with Crippen LogP contribution >= 0.6 is 22.7 Å². The van der Waals surface area contributed by atoms with Crippen LogP contribution in [0, 0.1) is 22.7 Å². The van der Waals surface area contributed by atoms with Crippen LogP contribution in [0.15, 0.2) is 166 Å². The number of nitrogens with one attached hydrogen (secondary N) is 3. The third-order valence-electron chi connectivity index (χ3n) is 11.3. The fourth-order valence-electron chi connectivity index (χ4n) is 7.55. The first-order valence-electron chi connectivity index (χ1n) is 23.5. The van der Waals surface area contributed by atoms with Crippen molar-refractivity contribution in [2.24, 2.45) is 0 Å². The average molecular weight is 1190 g/mol. The summed E-state index contributed by atoms with van der Waals surface area (Å²) in [5.74, 6) is 0. The maximum Gasteiger partial charge on any atom is 0.264 e. The predicted octanol–water partition coefficient (Wildman–Crippen LogP) is 6.94. The number of aldehydes is 1. The summed E-state index contributed by atoms with van der Waals surface area (Å²) in [6.07, 6.45) is 9.13. The number of H-pyrrole nitrogens is 2. The van der Waals surface area contributed by atoms with E-state index in [0.29, 0.717) is 52.2 Å². The molecule has 0 saturated heterocycles. The van der Waals surface area contributed by atoms with Crippen molar-refractivity contribution in [3.05, 3.63) is 202 Å². The summed E-state index contributed by atoms with van der Waals surface area (Å²) in [5, 5.41) is 25.4. The minimum Gasteiger partial charge on any atom is -0.398 e. The highest BCUT2D eigenvalue weighted by atomic mass is 32.3. The van der Waals surface area contributed by atoms with Crippen LogP contribution in [-0.4, -0.2) is 106 Å². The van der Waals surface area contributed by atoms with Crippen molar-refractivity contribution < 1.29 is 46.8 Å². The van der Waals surface area contributed by atoms with E-state index >= 15 is 0 Å². The van der Waals surface area contributed by atoms with Gasteiger partial charge in [-0.15, -0.1) is 22.7 Å². The molecule has 414 valence electrons. The number of nitrogen functional groups attached to an aromatic ring is 1. The molecule has 0 aliphatic rings. The van der Waals surface area contributed by atoms with Gasteiger partial charge in [-0.3, -0.25) is 13.2 Å². The van der Waals surface area contributed by atoms with Crippen LogP contribution in [0.25, 0.3) is 0 Å². The maximum atomic E-state index is 14.0. The Morgan fingerprint density at radius 1 is 0.646 bits per heavy atom. The summed E-state index contributed by atoms with van der Waals surface area (Å²) in [6, 6.07) is 36.6. The number of imidazole rings is 2. The summed E-state index contributed by atoms with van der Waals surface area (Å²) in [5.41, 5.74) is 11.7. The molecule has 4 aromatic heterocycles. The molecule has 79 heavy (non-hydrogen) atoms. The highest BCUT2D eigenvalue weighted by Crippen LogP contribution is 2.31. The fraction of sp³-hybridized carbons (Fsp3) is 0.212. The molecule has 8 rings (SSSR count). The molecular formula is C52H54N10O11S6. The molecule has 0 spiro atoms. The second-order valence-electron chi connectivity index (χ2n) is 17.2. The summed E-state index contributed by atoms with van der Waals surface area (Å²) >= 11 is 2.12. The third-order valence-corrected chi connectivity index (χ3v) is 19.0. The number of anilines is 2. The number of aromatic amines is 2. The second-order valence-corrected chi connectivity index (χ2v) is 26.6. The number of nitriles is 2. The molecule has 0 saturated carbocycles. The Kier molecular flexibility index (Phi) is 21.9. The van der Waals surface area contributed by atoms with Crippen molar-refractivity contribution >= 4 is 80.6 Å². The second kappa shape index (κ2) is 28.5. The summed E-state index contributed by atoms with van der Waals surface area (Å²) in [7, 11) is -15.8. The third kappa shape index (κ3) is 18.6. The van der Waals surface area contributed by atoms with Crippen LogP contribution < -0.4 is 11.1 Å². The Morgan fingerprint density at radius 3 is 1.54 bits per heavy atom. The van der Waals surface area contributed by atoms with Gasteiger partial charge in [0.05, 0.1) is 97.9 Å². The lowest BCUT2D eigenvalue weighted by Gasteiger charge is -2.31. The lowest BCUT2D eigenvalue weighted by molar-refractivity contribution is 0.111. The first-order valence-corrected chi connectivity index (χ1v) is 31.8. The standard InChI is InChI=1S/C26H27N5O5S3.C22H23N3O5S3.C4H4N2O/c1-38(32,33)36-18-24(13-20-6-3-2-4-7-20)31(39(34,35)26-8-5-11-37-26)17-22-12-21(14-27)9-10-25(22)29-16-23-15-28-19-30-23;1-32(26,27)30-16-20(13-17-6-3-2-4-7-17)25(33(28,29)22-8-5-11-31-22)15-19-12-18(14-23)9-10-21(19)24;7-2-4-1-5-3-6-4/h2-12,15,19,24,29H,13,16-18H2,1H3,(H,28,30);2-12,20H,13,15-16,24H2,1H3;1-3H,(H,5,6)/t24-;20-;/m11./s1. The molecule has 27 heteroatoms. The molecule has 8 aromatic rings. The molecule has 0 amide bonds. The van der Waals surface area contributed by atoms with Gasteiger partial charge in [0, 0.05) is 30.7 Å². The van der Waals surface area contributed by atoms with Crippen molar-refractivity contribution in [1.29, 1.82) is 10.5 Å². The number of hydrogen-bond acceptors (Lipinski definition) is 19. The number of thiophene rings is 2. The van der Waals surface area contributed by atoms with Crippen LogP contribution in [0.1, 0.15) is 49.6 Å². The van der Waals surface area contributed by atoms with Crippen LogP contribution in [-0.2, 0) is 81.1 Å². The van der Waals surface area contributed by atoms with Crippen molar-refractivity contribution in [3.8, 4) is 12.1 Å². The lowest BCUT2D eigenvalue weighted by atomic mass is 10.0. The van der Waals surface area contributed by atoms with Gasteiger partial charge < -0.3 is 21.0 Å². The largest absolute Gasteiger partial charge is 0.398 e. The van der Waals surface area contributed by atoms with Crippen molar-refractivity contribution in [1.82, 2.24) is 28.5 Å². The molecule has 4 heterocycles. The van der Waals surface area contributed by atoms with Gasteiger partial charge >= 0.3 is 0 Å². The van der Waals surface area contributed by atoms with Gasteiger partial charge in [0.25, 0.3) is 40.3 Å². The van der Waals surface area contributed by atoms with E-state index in [1.54, 1.807) is 65.7 Å². The van der Waals surface area contributed by atoms with E-state index in [1.807, 2.05) is 66.7 Å². The molecule has 0 radical (unpaired) electrons. The zero-order chi connectivity index (χ0) is 57.1. The van der Waals surface area contributed by atoms with Gasteiger partial charge in [-0.2, -0.15) is 36.0 Å². The molecule has 0 unspecified atom stereocenters. The van der Waals surface area contributed by atoms with Crippen molar-refractivity contribution in [3.63, 3.8) is 0 Å². The smallest absolute Gasteiger partial charge is 0.264 e. The quantitative estimate of drug-likeness (QED) is 0.0270. The molecule has 21 nitrogen and oxygen atoms in total. The van der Waals surface area contributed by atoms with E-state index in [2.05, 4.69) is 31.3 Å². The summed E-state index contributed by atoms with van der Waals surface area (Å²) < 4.78 is 116. The topological polar surface area (TPSA) is 322 Å². The Hall–Kier alpha value is -7.41. The van der Waals surface area contributed by atoms with Gasteiger partial charge in [-0.25, -0.2) is 26.8 Å². The number of nitrogens with zero attached hydrogens (tertiary/aromatic N) is 6. The molecule has 0 aliphatic heterocycles. The Morgan fingerprint density at radius 2 is 1.13 bits per heavy atom. The number of sulfonamides is 2. The first-order chi connectivity index (χ1) is 37.7. The van der Waals surface area contributed by atoms with Gasteiger partial charge in [0.2, 0.25) is 0 Å². The summed E-state index contributed by atoms with van der Waals surface area (Å²) in [4.78, 5) is 23.0. The molecule has 2 atom stereocenters.